The van der Waals surface area contributed by atoms with Crippen LogP contribution in [0.3, 0.4) is 0 Å². The van der Waals surface area contributed by atoms with Crippen molar-refractivity contribution in [2.45, 2.75) is 37.8 Å². The number of carbonyl (C=O) groups excluding carboxylic acids is 1. The Morgan fingerprint density at radius 2 is 2.10 bits per heavy atom. The molecule has 3 N–H and O–H groups in total. The molecule has 0 radical (unpaired) electrons. The van der Waals surface area contributed by atoms with Gasteiger partial charge in [0.25, 0.3) is 0 Å². The highest BCUT2D eigenvalue weighted by atomic mass is 35.5. The Kier molecular flexibility index (Phi) is 6.11. The highest BCUT2D eigenvalue weighted by Crippen LogP contribution is 2.28. The zero-order valence-corrected chi connectivity index (χ0v) is 13.0. The van der Waals surface area contributed by atoms with Crippen LogP contribution >= 0.6 is 24.0 Å². The lowest BCUT2D eigenvalue weighted by molar-refractivity contribution is -0.126. The van der Waals surface area contributed by atoms with Gasteiger partial charge in [0.2, 0.25) is 5.91 Å². The van der Waals surface area contributed by atoms with E-state index in [1.165, 1.54) is 0 Å². The molecule has 2 rings (SSSR count). The molecular weight excluding hydrogens is 299 g/mol. The van der Waals surface area contributed by atoms with Crippen molar-refractivity contribution in [3.05, 3.63) is 28.8 Å². The van der Waals surface area contributed by atoms with Crippen LogP contribution in [0.4, 0.5) is 0 Å². The van der Waals surface area contributed by atoms with Gasteiger partial charge >= 0.3 is 0 Å². The average Bonchev–Trinajstić information content (AvgIpc) is 2.84. The number of carbonyl (C=O) groups is 1. The van der Waals surface area contributed by atoms with Crippen LogP contribution in [-0.4, -0.2) is 18.6 Å². The van der Waals surface area contributed by atoms with Gasteiger partial charge in [-0.15, -0.1) is 12.4 Å². The van der Waals surface area contributed by atoms with E-state index >= 15 is 0 Å². The topological polar surface area (TPSA) is 64.3 Å². The maximum absolute atomic E-state index is 12.1. The van der Waals surface area contributed by atoms with Gasteiger partial charge in [-0.1, -0.05) is 30.5 Å². The van der Waals surface area contributed by atoms with Gasteiger partial charge in [-0.05, 0) is 30.5 Å². The summed E-state index contributed by atoms with van der Waals surface area (Å²) in [6, 6.07) is 5.46. The molecule has 0 atom stereocenters. The molecule has 6 heteroatoms. The maximum Gasteiger partial charge on any atom is 0.240 e. The van der Waals surface area contributed by atoms with E-state index in [1.54, 1.807) is 19.2 Å². The lowest BCUT2D eigenvalue weighted by Crippen LogP contribution is -2.51. The zero-order valence-electron chi connectivity index (χ0n) is 11.4. The minimum atomic E-state index is -0.684. The van der Waals surface area contributed by atoms with Crippen LogP contribution in [0, 0.1) is 0 Å². The van der Waals surface area contributed by atoms with Gasteiger partial charge in [0.15, 0.2) is 0 Å². The Labute approximate surface area is 130 Å². The number of methoxy groups -OCH3 is 1. The molecular formula is C14H20Cl2N2O2. The van der Waals surface area contributed by atoms with Crippen molar-refractivity contribution in [1.82, 2.24) is 5.32 Å². The third-order valence-electron chi connectivity index (χ3n) is 3.62. The number of nitrogens with two attached hydrogens (primary N) is 1. The van der Waals surface area contributed by atoms with Gasteiger partial charge in [0.1, 0.15) is 5.75 Å². The van der Waals surface area contributed by atoms with E-state index < -0.39 is 5.54 Å². The molecule has 0 aliphatic heterocycles. The van der Waals surface area contributed by atoms with E-state index in [-0.39, 0.29) is 18.3 Å². The van der Waals surface area contributed by atoms with Crippen LogP contribution in [0.25, 0.3) is 0 Å². The third-order valence-corrected chi connectivity index (χ3v) is 3.91. The molecule has 0 spiro atoms. The van der Waals surface area contributed by atoms with Crippen LogP contribution in [0.1, 0.15) is 31.2 Å². The Morgan fingerprint density at radius 1 is 1.45 bits per heavy atom. The Balaban J connectivity index is 0.00000200. The number of hydrogen-bond acceptors (Lipinski definition) is 3. The van der Waals surface area contributed by atoms with E-state index in [4.69, 9.17) is 22.1 Å². The molecule has 0 unspecified atom stereocenters. The molecule has 0 bridgehead atoms. The van der Waals surface area contributed by atoms with Crippen molar-refractivity contribution in [1.29, 1.82) is 0 Å². The Bertz CT molecular complexity index is 474. The molecule has 1 aliphatic carbocycles. The van der Waals surface area contributed by atoms with Crippen LogP contribution in [0.5, 0.6) is 5.75 Å². The normalized spacial score (nSPS) is 16.4. The van der Waals surface area contributed by atoms with E-state index in [0.29, 0.717) is 17.3 Å². The minimum absolute atomic E-state index is 0. The number of benzene rings is 1. The molecule has 112 valence electrons. The number of nitrogens with one attached hydrogen (secondary N) is 1. The van der Waals surface area contributed by atoms with Crippen LogP contribution in [0.15, 0.2) is 18.2 Å². The summed E-state index contributed by atoms with van der Waals surface area (Å²) in [6.45, 7) is 0.432. The summed E-state index contributed by atoms with van der Waals surface area (Å²) in [4.78, 5) is 12.1. The number of rotatable bonds is 4. The fourth-order valence-corrected chi connectivity index (χ4v) is 2.69. The minimum Gasteiger partial charge on any atom is -0.495 e. The molecule has 4 nitrogen and oxygen atoms in total. The van der Waals surface area contributed by atoms with Crippen molar-refractivity contribution in [3.8, 4) is 5.75 Å². The molecule has 0 saturated heterocycles. The first kappa shape index (κ1) is 17.1. The lowest BCUT2D eigenvalue weighted by atomic mass is 9.98. The quantitative estimate of drug-likeness (QED) is 0.897. The summed E-state index contributed by atoms with van der Waals surface area (Å²) in [6.07, 6.45) is 3.58. The van der Waals surface area contributed by atoms with Crippen molar-refractivity contribution < 1.29 is 9.53 Å². The summed E-state index contributed by atoms with van der Waals surface area (Å²) in [5.74, 6) is 0.555. The highest BCUT2D eigenvalue weighted by Gasteiger charge is 2.36. The molecule has 1 fully saturated rings. The van der Waals surface area contributed by atoms with Crippen LogP contribution < -0.4 is 15.8 Å². The molecule has 1 amide bonds. The fraction of sp³-hybridized carbons (Fsp3) is 0.500. The average molecular weight is 319 g/mol. The van der Waals surface area contributed by atoms with E-state index in [2.05, 4.69) is 5.32 Å². The number of hydrogen-bond donors (Lipinski definition) is 2. The standard InChI is InChI=1S/C14H19ClN2O2.ClH/c1-19-12-5-4-10(8-11(12)15)9-17-13(18)14(16)6-2-3-7-14;/h4-5,8H,2-3,6-7,9,16H2,1H3,(H,17,18);1H. The predicted molar refractivity (Wildman–Crippen MR) is 82.5 cm³/mol. The second-order valence-electron chi connectivity index (χ2n) is 5.01. The van der Waals surface area contributed by atoms with Gasteiger partial charge in [-0.3, -0.25) is 4.79 Å². The number of halogens is 2. The lowest BCUT2D eigenvalue weighted by Gasteiger charge is -2.22. The third kappa shape index (κ3) is 3.78. The summed E-state index contributed by atoms with van der Waals surface area (Å²) < 4.78 is 5.08. The van der Waals surface area contributed by atoms with E-state index in [1.807, 2.05) is 6.07 Å². The predicted octanol–water partition coefficient (Wildman–Crippen LogP) is 2.66. The van der Waals surface area contributed by atoms with Gasteiger partial charge in [-0.25, -0.2) is 0 Å². The molecule has 0 aromatic heterocycles. The van der Waals surface area contributed by atoms with Crippen LogP contribution in [-0.2, 0) is 11.3 Å². The van der Waals surface area contributed by atoms with Crippen molar-refractivity contribution in [3.63, 3.8) is 0 Å². The summed E-state index contributed by atoms with van der Waals surface area (Å²) in [5, 5.41) is 3.42. The Hall–Kier alpha value is -0.970. The largest absolute Gasteiger partial charge is 0.495 e. The van der Waals surface area contributed by atoms with Gasteiger partial charge < -0.3 is 15.8 Å². The van der Waals surface area contributed by atoms with Crippen molar-refractivity contribution in [2.24, 2.45) is 5.73 Å². The number of ether oxygens (including phenoxy) is 1. The van der Waals surface area contributed by atoms with Crippen molar-refractivity contribution in [2.75, 3.05) is 7.11 Å². The number of amides is 1. The molecule has 1 aliphatic rings. The first-order valence-electron chi connectivity index (χ1n) is 6.45. The zero-order chi connectivity index (χ0) is 13.9. The van der Waals surface area contributed by atoms with Gasteiger partial charge in [0, 0.05) is 6.54 Å². The van der Waals surface area contributed by atoms with Gasteiger partial charge in [-0.2, -0.15) is 0 Å². The SMILES string of the molecule is COc1ccc(CNC(=O)C2(N)CCCC2)cc1Cl.Cl. The van der Waals surface area contributed by atoms with E-state index in [9.17, 15) is 4.79 Å². The fourth-order valence-electron chi connectivity index (χ4n) is 2.41. The molecule has 20 heavy (non-hydrogen) atoms. The summed E-state index contributed by atoms with van der Waals surface area (Å²) in [7, 11) is 1.57. The second-order valence-corrected chi connectivity index (χ2v) is 5.42. The van der Waals surface area contributed by atoms with Crippen LogP contribution in [0.2, 0.25) is 5.02 Å². The van der Waals surface area contributed by atoms with Gasteiger partial charge in [0.05, 0.1) is 17.7 Å². The van der Waals surface area contributed by atoms with E-state index in [0.717, 1.165) is 31.2 Å². The smallest absolute Gasteiger partial charge is 0.240 e. The highest BCUT2D eigenvalue weighted by molar-refractivity contribution is 6.32. The first-order valence-corrected chi connectivity index (χ1v) is 6.82. The molecule has 1 aromatic carbocycles. The molecule has 1 aromatic rings. The summed E-state index contributed by atoms with van der Waals surface area (Å²) in [5.41, 5.74) is 6.33. The Morgan fingerprint density at radius 3 is 2.65 bits per heavy atom. The molecule has 0 heterocycles. The van der Waals surface area contributed by atoms with Crippen molar-refractivity contribution >= 4 is 29.9 Å². The monoisotopic (exact) mass is 318 g/mol. The second kappa shape index (κ2) is 7.16. The molecule has 1 saturated carbocycles. The summed E-state index contributed by atoms with van der Waals surface area (Å²) >= 11 is 6.04. The maximum atomic E-state index is 12.1. The first-order chi connectivity index (χ1) is 9.05.